The minimum absolute atomic E-state index is 0.0590. The van der Waals surface area contributed by atoms with Crippen LogP contribution in [0.1, 0.15) is 49.7 Å². The first-order valence-electron chi connectivity index (χ1n) is 6.80. The molecule has 0 amide bonds. The first-order chi connectivity index (χ1) is 9.99. The molecule has 1 aromatic heterocycles. The van der Waals surface area contributed by atoms with E-state index in [-0.39, 0.29) is 12.0 Å². The maximum atomic E-state index is 8.82. The lowest BCUT2D eigenvalue weighted by Gasteiger charge is -2.16. The first kappa shape index (κ1) is 15.3. The molecule has 0 spiro atoms. The van der Waals surface area contributed by atoms with Crippen LogP contribution in [0.2, 0.25) is 5.15 Å². The van der Waals surface area contributed by atoms with Crippen LogP contribution in [0.4, 0.5) is 5.82 Å². The molecular formula is C16H17ClN4. The largest absolute Gasteiger partial charge is 0.363 e. The van der Waals surface area contributed by atoms with Gasteiger partial charge in [-0.25, -0.2) is 9.97 Å². The summed E-state index contributed by atoms with van der Waals surface area (Å²) in [4.78, 5) is 8.69. The summed E-state index contributed by atoms with van der Waals surface area (Å²) in [5.41, 5.74) is 1.73. The summed E-state index contributed by atoms with van der Waals surface area (Å²) in [6.45, 7) is 6.09. The Kier molecular flexibility index (Phi) is 4.77. The lowest BCUT2D eigenvalue weighted by Crippen LogP contribution is -2.10. The number of halogens is 1. The van der Waals surface area contributed by atoms with Crippen molar-refractivity contribution in [2.24, 2.45) is 0 Å². The van der Waals surface area contributed by atoms with Gasteiger partial charge in [0.05, 0.1) is 11.6 Å². The molecule has 0 saturated carbocycles. The zero-order valence-electron chi connectivity index (χ0n) is 12.3. The first-order valence-corrected chi connectivity index (χ1v) is 7.18. The molecule has 21 heavy (non-hydrogen) atoms. The third-order valence-corrected chi connectivity index (χ3v) is 3.33. The number of rotatable bonds is 4. The minimum Gasteiger partial charge on any atom is -0.363 e. The molecule has 2 aromatic rings. The van der Waals surface area contributed by atoms with E-state index in [9.17, 15) is 0 Å². The van der Waals surface area contributed by atoms with Crippen LogP contribution in [0.15, 0.2) is 30.3 Å². The van der Waals surface area contributed by atoms with Crippen molar-refractivity contribution in [3.63, 3.8) is 0 Å². The minimum atomic E-state index is 0.0590. The van der Waals surface area contributed by atoms with E-state index in [1.165, 1.54) is 0 Å². The maximum Gasteiger partial charge on any atom is 0.135 e. The van der Waals surface area contributed by atoms with Crippen molar-refractivity contribution < 1.29 is 0 Å². The van der Waals surface area contributed by atoms with Gasteiger partial charge in [-0.3, -0.25) is 0 Å². The average molecular weight is 301 g/mol. The molecule has 2 rings (SSSR count). The van der Waals surface area contributed by atoms with Gasteiger partial charge in [-0.2, -0.15) is 5.26 Å². The van der Waals surface area contributed by atoms with E-state index >= 15 is 0 Å². The molecule has 0 radical (unpaired) electrons. The second kappa shape index (κ2) is 6.55. The quantitative estimate of drug-likeness (QED) is 0.855. The van der Waals surface area contributed by atoms with E-state index in [0.717, 1.165) is 11.4 Å². The highest BCUT2D eigenvalue weighted by atomic mass is 35.5. The number of aromatic nitrogens is 2. The Hall–Kier alpha value is -2.12. The normalized spacial score (nSPS) is 12.0. The van der Waals surface area contributed by atoms with Crippen molar-refractivity contribution >= 4 is 17.4 Å². The van der Waals surface area contributed by atoms with E-state index in [1.54, 1.807) is 18.2 Å². The third-order valence-electron chi connectivity index (χ3n) is 3.13. The molecule has 1 atom stereocenters. The SMILES string of the molecule is CC(C)c1nc(Cl)cc(NC(C)c2ccc(C#N)cc2)n1. The van der Waals surface area contributed by atoms with Crippen LogP contribution in [0.25, 0.3) is 0 Å². The van der Waals surface area contributed by atoms with Crippen LogP contribution in [0.5, 0.6) is 0 Å². The highest BCUT2D eigenvalue weighted by Crippen LogP contribution is 2.22. The van der Waals surface area contributed by atoms with Crippen LogP contribution in [-0.2, 0) is 0 Å². The van der Waals surface area contributed by atoms with Gasteiger partial charge in [0.1, 0.15) is 16.8 Å². The van der Waals surface area contributed by atoms with E-state index in [0.29, 0.717) is 16.5 Å². The zero-order chi connectivity index (χ0) is 15.4. The summed E-state index contributed by atoms with van der Waals surface area (Å²) in [7, 11) is 0. The number of hydrogen-bond donors (Lipinski definition) is 1. The average Bonchev–Trinajstić information content (AvgIpc) is 2.46. The van der Waals surface area contributed by atoms with Crippen molar-refractivity contribution in [3.05, 3.63) is 52.4 Å². The van der Waals surface area contributed by atoms with Gasteiger partial charge in [0.2, 0.25) is 0 Å². The number of anilines is 1. The molecular weight excluding hydrogens is 284 g/mol. The second-order valence-corrected chi connectivity index (χ2v) is 5.58. The Morgan fingerprint density at radius 1 is 1.14 bits per heavy atom. The Bertz CT molecular complexity index is 659. The summed E-state index contributed by atoms with van der Waals surface area (Å²) >= 11 is 6.04. The fourth-order valence-corrected chi connectivity index (χ4v) is 2.11. The zero-order valence-corrected chi connectivity index (χ0v) is 13.0. The van der Waals surface area contributed by atoms with Crippen molar-refractivity contribution in [3.8, 4) is 6.07 Å². The molecule has 0 saturated heterocycles. The standard InChI is InChI=1S/C16H17ClN4/c1-10(2)16-20-14(17)8-15(21-16)19-11(3)13-6-4-12(9-18)5-7-13/h4-8,10-11H,1-3H3,(H,19,20,21). The van der Waals surface area contributed by atoms with Gasteiger partial charge in [0.15, 0.2) is 0 Å². The van der Waals surface area contributed by atoms with Crippen molar-refractivity contribution in [1.82, 2.24) is 9.97 Å². The predicted molar refractivity (Wildman–Crippen MR) is 84.3 cm³/mol. The van der Waals surface area contributed by atoms with Gasteiger partial charge >= 0.3 is 0 Å². The van der Waals surface area contributed by atoms with Crippen LogP contribution in [0, 0.1) is 11.3 Å². The van der Waals surface area contributed by atoms with Gasteiger partial charge in [0, 0.05) is 18.0 Å². The summed E-state index contributed by atoms with van der Waals surface area (Å²) in [6, 6.07) is 11.4. The Morgan fingerprint density at radius 2 is 1.81 bits per heavy atom. The van der Waals surface area contributed by atoms with E-state index in [2.05, 4.69) is 21.4 Å². The molecule has 0 aliphatic rings. The van der Waals surface area contributed by atoms with Gasteiger partial charge in [-0.05, 0) is 24.6 Å². The molecule has 108 valence electrons. The smallest absolute Gasteiger partial charge is 0.135 e. The van der Waals surface area contributed by atoms with Crippen molar-refractivity contribution in [2.75, 3.05) is 5.32 Å². The van der Waals surface area contributed by atoms with Crippen LogP contribution in [0.3, 0.4) is 0 Å². The number of hydrogen-bond acceptors (Lipinski definition) is 4. The van der Waals surface area contributed by atoms with Gasteiger partial charge in [-0.15, -0.1) is 0 Å². The monoisotopic (exact) mass is 300 g/mol. The number of nitrogens with zero attached hydrogens (tertiary/aromatic N) is 3. The maximum absolute atomic E-state index is 8.82. The number of benzene rings is 1. The molecule has 4 nitrogen and oxygen atoms in total. The van der Waals surface area contributed by atoms with Gasteiger partial charge < -0.3 is 5.32 Å². The number of nitriles is 1. The Morgan fingerprint density at radius 3 is 2.38 bits per heavy atom. The van der Waals surface area contributed by atoms with Crippen molar-refractivity contribution in [1.29, 1.82) is 5.26 Å². The Labute approximate surface area is 129 Å². The summed E-state index contributed by atoms with van der Waals surface area (Å²) < 4.78 is 0. The predicted octanol–water partition coefficient (Wildman–Crippen LogP) is 4.30. The van der Waals surface area contributed by atoms with Crippen LogP contribution >= 0.6 is 11.6 Å². The molecule has 1 unspecified atom stereocenters. The fraction of sp³-hybridized carbons (Fsp3) is 0.312. The molecule has 1 heterocycles. The summed E-state index contributed by atoms with van der Waals surface area (Å²) in [6.07, 6.45) is 0. The van der Waals surface area contributed by atoms with Crippen LogP contribution < -0.4 is 5.32 Å². The number of nitrogens with one attached hydrogen (secondary N) is 1. The third kappa shape index (κ3) is 3.93. The lowest BCUT2D eigenvalue weighted by molar-refractivity contribution is 0.768. The highest BCUT2D eigenvalue weighted by molar-refractivity contribution is 6.29. The molecule has 0 aliphatic carbocycles. The molecule has 0 fully saturated rings. The van der Waals surface area contributed by atoms with Crippen LogP contribution in [-0.4, -0.2) is 9.97 Å². The van der Waals surface area contributed by atoms with E-state index in [4.69, 9.17) is 16.9 Å². The molecule has 1 aromatic carbocycles. The molecule has 0 bridgehead atoms. The van der Waals surface area contributed by atoms with E-state index in [1.807, 2.05) is 32.9 Å². The fourth-order valence-electron chi connectivity index (χ4n) is 1.92. The molecule has 0 aliphatic heterocycles. The van der Waals surface area contributed by atoms with E-state index < -0.39 is 0 Å². The summed E-state index contributed by atoms with van der Waals surface area (Å²) in [5.74, 6) is 1.64. The Balaban J connectivity index is 2.18. The second-order valence-electron chi connectivity index (χ2n) is 5.19. The van der Waals surface area contributed by atoms with Gasteiger partial charge in [0.25, 0.3) is 0 Å². The lowest BCUT2D eigenvalue weighted by atomic mass is 10.1. The topological polar surface area (TPSA) is 61.6 Å². The summed E-state index contributed by atoms with van der Waals surface area (Å²) in [5, 5.41) is 12.6. The van der Waals surface area contributed by atoms with Gasteiger partial charge in [-0.1, -0.05) is 37.6 Å². The molecule has 5 heteroatoms. The van der Waals surface area contributed by atoms with Crippen molar-refractivity contribution in [2.45, 2.75) is 32.7 Å². The highest BCUT2D eigenvalue weighted by Gasteiger charge is 2.10. The molecule has 1 N–H and O–H groups in total.